The van der Waals surface area contributed by atoms with Gasteiger partial charge < -0.3 is 14.0 Å². The summed E-state index contributed by atoms with van der Waals surface area (Å²) in [6.45, 7) is -0.162. The molecule has 0 spiro atoms. The average Bonchev–Trinajstić information content (AvgIpc) is 3.09. The Morgan fingerprint density at radius 2 is 1.80 bits per heavy atom. The lowest BCUT2D eigenvalue weighted by molar-refractivity contribution is -0.118. The highest BCUT2D eigenvalue weighted by Gasteiger charge is 2.14. The fourth-order valence-electron chi connectivity index (χ4n) is 2.15. The first-order valence-electron chi connectivity index (χ1n) is 7.43. The molecule has 2 aromatic carbocycles. The number of carbonyl (C=O) groups is 1. The number of nitrogens with zero attached hydrogens (tertiary/aromatic N) is 1. The molecule has 1 aromatic heterocycles. The number of ether oxygens (including phenoxy) is 2. The maximum Gasteiger partial charge on any atom is 0.264 e. The second-order valence-corrected chi connectivity index (χ2v) is 5.52. The summed E-state index contributed by atoms with van der Waals surface area (Å²) in [5.74, 6) is 1.19. The number of nitrogens with one attached hydrogen (secondary N) is 1. The molecule has 0 fully saturated rings. The summed E-state index contributed by atoms with van der Waals surface area (Å²) in [7, 11) is 1.60. The van der Waals surface area contributed by atoms with Crippen LogP contribution in [-0.4, -0.2) is 24.8 Å². The Morgan fingerprint density at radius 1 is 1.12 bits per heavy atom. The molecular weight excluding hydrogens is 344 g/mol. The molecule has 128 valence electrons. The van der Waals surface area contributed by atoms with Gasteiger partial charge in [0.15, 0.2) is 6.61 Å². The standard InChI is InChI=1S/C18H15ClN2O4/c1-23-14-6-2-12(3-7-14)16-10-20-25-18(16)21-17(22)11-24-15-8-4-13(19)5-9-15/h2-10H,11H2,1H3,(H,21,22). The van der Waals surface area contributed by atoms with Crippen molar-refractivity contribution < 1.29 is 18.8 Å². The summed E-state index contributed by atoms with van der Waals surface area (Å²) in [5, 5.41) is 6.99. The summed E-state index contributed by atoms with van der Waals surface area (Å²) < 4.78 is 15.7. The van der Waals surface area contributed by atoms with Crippen LogP contribution in [0, 0.1) is 0 Å². The molecule has 25 heavy (non-hydrogen) atoms. The number of aromatic nitrogens is 1. The Balaban J connectivity index is 1.63. The van der Waals surface area contributed by atoms with Crippen LogP contribution in [-0.2, 0) is 4.79 Å². The summed E-state index contributed by atoms with van der Waals surface area (Å²) in [6, 6.07) is 14.1. The van der Waals surface area contributed by atoms with Gasteiger partial charge in [-0.1, -0.05) is 28.9 Å². The van der Waals surface area contributed by atoms with Gasteiger partial charge in [-0.25, -0.2) is 0 Å². The van der Waals surface area contributed by atoms with Gasteiger partial charge in [-0.2, -0.15) is 0 Å². The van der Waals surface area contributed by atoms with Gasteiger partial charge >= 0.3 is 0 Å². The number of rotatable bonds is 6. The van der Waals surface area contributed by atoms with E-state index in [-0.39, 0.29) is 18.4 Å². The summed E-state index contributed by atoms with van der Waals surface area (Å²) in [5.41, 5.74) is 1.51. The zero-order valence-electron chi connectivity index (χ0n) is 13.4. The minimum atomic E-state index is -0.360. The monoisotopic (exact) mass is 358 g/mol. The number of anilines is 1. The first-order valence-corrected chi connectivity index (χ1v) is 7.81. The van der Waals surface area contributed by atoms with Crippen LogP contribution in [0.2, 0.25) is 5.02 Å². The van der Waals surface area contributed by atoms with Crippen LogP contribution in [0.15, 0.2) is 59.3 Å². The molecule has 0 aliphatic rings. The summed E-state index contributed by atoms with van der Waals surface area (Å²) in [4.78, 5) is 12.1. The quantitative estimate of drug-likeness (QED) is 0.720. The molecule has 0 saturated heterocycles. The van der Waals surface area contributed by atoms with E-state index in [1.54, 1.807) is 31.4 Å². The van der Waals surface area contributed by atoms with Crippen molar-refractivity contribution in [1.29, 1.82) is 0 Å². The molecule has 0 radical (unpaired) electrons. The third kappa shape index (κ3) is 4.30. The predicted octanol–water partition coefficient (Wildman–Crippen LogP) is 4.02. The fourth-order valence-corrected chi connectivity index (χ4v) is 2.27. The molecule has 1 N–H and O–H groups in total. The molecule has 6 nitrogen and oxygen atoms in total. The van der Waals surface area contributed by atoms with E-state index in [1.165, 1.54) is 6.20 Å². The number of benzene rings is 2. The Morgan fingerprint density at radius 3 is 2.48 bits per heavy atom. The van der Waals surface area contributed by atoms with Crippen LogP contribution in [0.4, 0.5) is 5.88 Å². The topological polar surface area (TPSA) is 73.6 Å². The number of carbonyl (C=O) groups excluding carboxylic acids is 1. The average molecular weight is 359 g/mol. The van der Waals surface area contributed by atoms with Crippen LogP contribution in [0.3, 0.4) is 0 Å². The van der Waals surface area contributed by atoms with E-state index in [2.05, 4.69) is 10.5 Å². The Kier molecular flexibility index (Phi) is 5.20. The van der Waals surface area contributed by atoms with Crippen molar-refractivity contribution in [1.82, 2.24) is 5.16 Å². The van der Waals surface area contributed by atoms with Gasteiger partial charge in [0.2, 0.25) is 5.88 Å². The molecule has 1 heterocycles. The van der Waals surface area contributed by atoms with Crippen molar-refractivity contribution in [3.8, 4) is 22.6 Å². The van der Waals surface area contributed by atoms with E-state index >= 15 is 0 Å². The zero-order chi connectivity index (χ0) is 17.6. The van der Waals surface area contributed by atoms with Gasteiger partial charge in [0, 0.05) is 5.02 Å². The number of hydrogen-bond acceptors (Lipinski definition) is 5. The van der Waals surface area contributed by atoms with Crippen molar-refractivity contribution in [2.24, 2.45) is 0 Å². The smallest absolute Gasteiger partial charge is 0.264 e. The second-order valence-electron chi connectivity index (χ2n) is 5.09. The maximum absolute atomic E-state index is 12.1. The van der Waals surface area contributed by atoms with Crippen molar-refractivity contribution >= 4 is 23.4 Å². The van der Waals surface area contributed by atoms with Crippen molar-refractivity contribution in [3.05, 3.63) is 59.8 Å². The molecule has 0 saturated carbocycles. The highest BCUT2D eigenvalue weighted by atomic mass is 35.5. The van der Waals surface area contributed by atoms with Crippen molar-refractivity contribution in [3.63, 3.8) is 0 Å². The molecule has 0 bridgehead atoms. The van der Waals surface area contributed by atoms with Gasteiger partial charge in [0.1, 0.15) is 11.5 Å². The Hall–Kier alpha value is -2.99. The SMILES string of the molecule is COc1ccc(-c2cnoc2NC(=O)COc2ccc(Cl)cc2)cc1. The van der Waals surface area contributed by atoms with E-state index in [0.717, 1.165) is 11.3 Å². The van der Waals surface area contributed by atoms with Gasteiger partial charge in [0.05, 0.1) is 18.9 Å². The van der Waals surface area contributed by atoms with Crippen LogP contribution >= 0.6 is 11.6 Å². The van der Waals surface area contributed by atoms with Crippen molar-refractivity contribution in [2.75, 3.05) is 19.0 Å². The first-order chi connectivity index (χ1) is 12.2. The fraction of sp³-hybridized carbons (Fsp3) is 0.111. The lowest BCUT2D eigenvalue weighted by Crippen LogP contribution is -2.20. The molecule has 3 aromatic rings. The molecule has 0 aliphatic carbocycles. The third-order valence-corrected chi connectivity index (χ3v) is 3.66. The van der Waals surface area contributed by atoms with Crippen LogP contribution in [0.1, 0.15) is 0 Å². The minimum Gasteiger partial charge on any atom is -0.497 e. The minimum absolute atomic E-state index is 0.162. The maximum atomic E-state index is 12.1. The molecule has 1 amide bonds. The molecular formula is C18H15ClN2O4. The summed E-state index contributed by atoms with van der Waals surface area (Å²) >= 11 is 5.80. The van der Waals surface area contributed by atoms with E-state index in [4.69, 9.17) is 25.6 Å². The highest BCUT2D eigenvalue weighted by Crippen LogP contribution is 2.29. The number of halogens is 1. The highest BCUT2D eigenvalue weighted by molar-refractivity contribution is 6.30. The van der Waals surface area contributed by atoms with Crippen LogP contribution < -0.4 is 14.8 Å². The number of amides is 1. The second kappa shape index (κ2) is 7.72. The first kappa shape index (κ1) is 16.9. The molecule has 0 aliphatic heterocycles. The van der Waals surface area contributed by atoms with Gasteiger partial charge in [0.25, 0.3) is 5.91 Å². The molecule has 0 atom stereocenters. The summed E-state index contributed by atoms with van der Waals surface area (Å²) in [6.07, 6.45) is 1.54. The van der Waals surface area contributed by atoms with E-state index in [1.807, 2.05) is 24.3 Å². The normalized spacial score (nSPS) is 10.3. The van der Waals surface area contributed by atoms with Crippen LogP contribution in [0.5, 0.6) is 11.5 Å². The van der Waals surface area contributed by atoms with Gasteiger partial charge in [-0.3, -0.25) is 10.1 Å². The van der Waals surface area contributed by atoms with Gasteiger partial charge in [-0.15, -0.1) is 0 Å². The third-order valence-electron chi connectivity index (χ3n) is 3.41. The molecule has 0 unspecified atom stereocenters. The number of hydrogen-bond donors (Lipinski definition) is 1. The van der Waals surface area contributed by atoms with Crippen molar-refractivity contribution in [2.45, 2.75) is 0 Å². The van der Waals surface area contributed by atoms with E-state index in [9.17, 15) is 4.79 Å². The van der Waals surface area contributed by atoms with E-state index < -0.39 is 0 Å². The largest absolute Gasteiger partial charge is 0.497 e. The lowest BCUT2D eigenvalue weighted by Gasteiger charge is -2.07. The Bertz CT molecular complexity index is 844. The number of methoxy groups -OCH3 is 1. The predicted molar refractivity (Wildman–Crippen MR) is 94.1 cm³/mol. The Labute approximate surface area is 149 Å². The molecule has 3 rings (SSSR count). The lowest BCUT2D eigenvalue weighted by atomic mass is 10.1. The zero-order valence-corrected chi connectivity index (χ0v) is 14.1. The molecule has 7 heteroatoms. The van der Waals surface area contributed by atoms with Gasteiger partial charge in [-0.05, 0) is 42.0 Å². The van der Waals surface area contributed by atoms with E-state index in [0.29, 0.717) is 16.3 Å². The van der Waals surface area contributed by atoms with Crippen LogP contribution in [0.25, 0.3) is 11.1 Å².